The first-order chi connectivity index (χ1) is 18.6. The van der Waals surface area contributed by atoms with E-state index in [1.165, 1.54) is 0 Å². The van der Waals surface area contributed by atoms with E-state index >= 15 is 0 Å². The third-order valence-corrected chi connectivity index (χ3v) is 7.42. The molecule has 188 valence electrons. The lowest BCUT2D eigenvalue weighted by molar-refractivity contribution is 0.439. The van der Waals surface area contributed by atoms with Gasteiger partial charge in [-0.2, -0.15) is 0 Å². The lowest BCUT2D eigenvalue weighted by atomic mass is 10.0. The van der Waals surface area contributed by atoms with Gasteiger partial charge in [-0.25, -0.2) is 0 Å². The number of aromatic nitrogens is 1. The Hall–Kier alpha value is -3.94. The van der Waals surface area contributed by atoms with Crippen molar-refractivity contribution < 1.29 is 9.15 Å². The zero-order valence-electron chi connectivity index (χ0n) is 20.5. The summed E-state index contributed by atoms with van der Waals surface area (Å²) in [5.74, 6) is 3.19. The Kier molecular flexibility index (Phi) is 6.70. The number of nitrogens with one attached hydrogen (secondary N) is 1. The number of hydrogen-bond donors (Lipinski definition) is 1. The number of hydrogen-bond acceptors (Lipinski definition) is 4. The number of thiocarbonyl (C=S) groups is 1. The van der Waals surface area contributed by atoms with E-state index in [9.17, 15) is 0 Å². The summed E-state index contributed by atoms with van der Waals surface area (Å²) in [5, 5.41) is 4.09. The smallest absolute Gasteiger partial charge is 0.174 e. The Morgan fingerprint density at radius 1 is 0.895 bits per heavy atom. The minimum atomic E-state index is -0.232. The van der Waals surface area contributed by atoms with Crippen LogP contribution < -0.4 is 15.0 Å². The van der Waals surface area contributed by atoms with Gasteiger partial charge < -0.3 is 19.4 Å². The van der Waals surface area contributed by atoms with Crippen molar-refractivity contribution in [3.05, 3.63) is 131 Å². The van der Waals surface area contributed by atoms with Crippen LogP contribution >= 0.6 is 28.1 Å². The largest absolute Gasteiger partial charge is 0.459 e. The fourth-order valence-electron chi connectivity index (χ4n) is 4.68. The molecule has 0 spiro atoms. The van der Waals surface area contributed by atoms with Crippen molar-refractivity contribution in [1.82, 2.24) is 10.3 Å². The molecule has 7 heteroatoms. The molecule has 3 heterocycles. The normalized spacial score (nSPS) is 16.9. The van der Waals surface area contributed by atoms with Gasteiger partial charge in [-0.3, -0.25) is 4.98 Å². The lowest BCUT2D eigenvalue weighted by Crippen LogP contribution is -2.29. The van der Waals surface area contributed by atoms with Gasteiger partial charge in [0.25, 0.3) is 0 Å². The molecule has 1 aliphatic heterocycles. The zero-order valence-corrected chi connectivity index (χ0v) is 22.9. The molecule has 2 atom stereocenters. The summed E-state index contributed by atoms with van der Waals surface area (Å²) >= 11 is 9.36. The quantitative estimate of drug-likeness (QED) is 0.203. The third kappa shape index (κ3) is 4.83. The molecule has 1 aliphatic rings. The molecular formula is C31H24BrN3O2S. The van der Waals surface area contributed by atoms with Gasteiger partial charge in [0.2, 0.25) is 0 Å². The summed E-state index contributed by atoms with van der Waals surface area (Å²) in [6, 6.07) is 33.5. The molecule has 38 heavy (non-hydrogen) atoms. The van der Waals surface area contributed by atoms with Crippen LogP contribution in [0.1, 0.15) is 29.1 Å². The molecule has 1 N–H and O–H groups in total. The highest BCUT2D eigenvalue weighted by molar-refractivity contribution is 9.10. The number of pyridine rings is 1. The number of ether oxygens (including phenoxy) is 1. The molecule has 2 aromatic heterocycles. The molecule has 6 rings (SSSR count). The van der Waals surface area contributed by atoms with Crippen molar-refractivity contribution in [3.8, 4) is 22.8 Å². The van der Waals surface area contributed by atoms with Crippen LogP contribution in [0.4, 0.5) is 5.69 Å². The minimum Gasteiger partial charge on any atom is -0.459 e. The van der Waals surface area contributed by atoms with Crippen LogP contribution in [0.15, 0.2) is 118 Å². The first kappa shape index (κ1) is 24.4. The zero-order chi connectivity index (χ0) is 26.1. The van der Waals surface area contributed by atoms with E-state index in [0.29, 0.717) is 5.11 Å². The minimum absolute atomic E-state index is 0.185. The Morgan fingerprint density at radius 2 is 1.66 bits per heavy atom. The molecule has 0 bridgehead atoms. The molecule has 5 nitrogen and oxygen atoms in total. The highest BCUT2D eigenvalue weighted by atomic mass is 79.9. The van der Waals surface area contributed by atoms with Gasteiger partial charge in [-0.05, 0) is 91.4 Å². The van der Waals surface area contributed by atoms with Crippen LogP contribution in [0.5, 0.6) is 11.5 Å². The van der Waals surface area contributed by atoms with E-state index in [1.807, 2.05) is 110 Å². The van der Waals surface area contributed by atoms with E-state index < -0.39 is 0 Å². The van der Waals surface area contributed by atoms with Crippen LogP contribution in [0.3, 0.4) is 0 Å². The van der Waals surface area contributed by atoms with E-state index in [4.69, 9.17) is 21.4 Å². The third-order valence-electron chi connectivity index (χ3n) is 6.58. The second-order valence-corrected chi connectivity index (χ2v) is 10.4. The molecular weight excluding hydrogens is 558 g/mol. The van der Waals surface area contributed by atoms with Gasteiger partial charge in [0.1, 0.15) is 29.1 Å². The Balaban J connectivity index is 1.35. The van der Waals surface area contributed by atoms with Crippen molar-refractivity contribution in [3.63, 3.8) is 0 Å². The predicted octanol–water partition coefficient (Wildman–Crippen LogP) is 8.38. The summed E-state index contributed by atoms with van der Waals surface area (Å²) in [4.78, 5) is 6.72. The second kappa shape index (κ2) is 10.4. The summed E-state index contributed by atoms with van der Waals surface area (Å²) in [5.41, 5.74) is 3.92. The molecule has 1 fully saturated rings. The number of aryl methyl sites for hydroxylation is 1. The maximum atomic E-state index is 6.45. The topological polar surface area (TPSA) is 50.5 Å². The lowest BCUT2D eigenvalue weighted by Gasteiger charge is -2.26. The predicted molar refractivity (Wildman–Crippen MR) is 157 cm³/mol. The van der Waals surface area contributed by atoms with E-state index in [2.05, 4.69) is 31.1 Å². The van der Waals surface area contributed by atoms with Gasteiger partial charge in [0.15, 0.2) is 5.11 Å². The van der Waals surface area contributed by atoms with Gasteiger partial charge in [0.05, 0.1) is 11.7 Å². The van der Waals surface area contributed by atoms with Gasteiger partial charge in [-0.1, -0.05) is 52.3 Å². The first-order valence-corrected chi connectivity index (χ1v) is 13.5. The van der Waals surface area contributed by atoms with E-state index in [0.717, 1.165) is 50.0 Å². The Morgan fingerprint density at radius 3 is 2.39 bits per heavy atom. The molecule has 0 saturated carbocycles. The number of furan rings is 1. The molecule has 0 radical (unpaired) electrons. The number of anilines is 1. The number of rotatable bonds is 6. The monoisotopic (exact) mass is 581 g/mol. The molecule has 2 unspecified atom stereocenters. The molecule has 5 aromatic rings. The SMILES string of the molecule is Cc1ccccc1Oc1ccc(N2C(=S)NC(c3ccccn3)C2c2ccc(-c3ccc(Br)cc3)o2)cc1. The number of para-hydroxylation sites is 1. The van der Waals surface area contributed by atoms with E-state index in [-0.39, 0.29) is 12.1 Å². The number of halogens is 1. The number of benzene rings is 3. The molecule has 0 amide bonds. The van der Waals surface area contributed by atoms with Gasteiger partial charge in [0, 0.05) is 21.9 Å². The summed E-state index contributed by atoms with van der Waals surface area (Å²) < 4.78 is 13.6. The molecule has 3 aromatic carbocycles. The van der Waals surface area contributed by atoms with Crippen molar-refractivity contribution in [2.45, 2.75) is 19.0 Å². The maximum absolute atomic E-state index is 6.45. The first-order valence-electron chi connectivity index (χ1n) is 12.3. The highest BCUT2D eigenvalue weighted by Gasteiger charge is 2.42. The van der Waals surface area contributed by atoms with Crippen LogP contribution in [-0.2, 0) is 0 Å². The Labute approximate surface area is 235 Å². The Bertz CT molecular complexity index is 1570. The fraction of sp³-hybridized carbons (Fsp3) is 0.0968. The highest BCUT2D eigenvalue weighted by Crippen LogP contribution is 2.43. The number of nitrogens with zero attached hydrogens (tertiary/aromatic N) is 2. The van der Waals surface area contributed by atoms with Gasteiger partial charge in [-0.15, -0.1) is 0 Å². The average Bonchev–Trinajstić information content (AvgIpc) is 3.56. The summed E-state index contributed by atoms with van der Waals surface area (Å²) in [6.07, 6.45) is 1.80. The van der Waals surface area contributed by atoms with Crippen LogP contribution in [0, 0.1) is 6.92 Å². The molecule has 0 aliphatic carbocycles. The van der Waals surface area contributed by atoms with Crippen molar-refractivity contribution in [2.75, 3.05) is 4.90 Å². The van der Waals surface area contributed by atoms with Crippen LogP contribution in [-0.4, -0.2) is 10.1 Å². The van der Waals surface area contributed by atoms with E-state index in [1.54, 1.807) is 6.20 Å². The van der Waals surface area contributed by atoms with Crippen LogP contribution in [0.2, 0.25) is 0 Å². The van der Waals surface area contributed by atoms with Crippen LogP contribution in [0.25, 0.3) is 11.3 Å². The average molecular weight is 583 g/mol. The molecule has 1 saturated heterocycles. The maximum Gasteiger partial charge on any atom is 0.174 e. The fourth-order valence-corrected chi connectivity index (χ4v) is 5.29. The standard InChI is InChI=1S/C31H24BrN3O2S/c1-20-6-2-3-8-26(20)36-24-15-13-23(14-16-24)35-30(29(34-31(35)38)25-7-4-5-19-33-25)28-18-17-27(37-28)21-9-11-22(32)12-10-21/h2-19,29-30H,1H3,(H,34,38). The summed E-state index contributed by atoms with van der Waals surface area (Å²) in [7, 11) is 0. The second-order valence-electron chi connectivity index (χ2n) is 9.07. The van der Waals surface area contributed by atoms with Crippen molar-refractivity contribution >= 4 is 38.9 Å². The van der Waals surface area contributed by atoms with Crippen molar-refractivity contribution in [1.29, 1.82) is 0 Å². The van der Waals surface area contributed by atoms with Gasteiger partial charge >= 0.3 is 0 Å². The van der Waals surface area contributed by atoms with Crippen molar-refractivity contribution in [2.24, 2.45) is 0 Å². The summed E-state index contributed by atoms with van der Waals surface area (Å²) in [6.45, 7) is 2.03.